The second kappa shape index (κ2) is 8.52. The SMILES string of the molecule is CCSC1=C(c2ccccc2OC)C(=O)N(c2ccc(OC(C)C)cc2)C1=O. The molecule has 0 atom stereocenters. The van der Waals surface area contributed by atoms with Crippen molar-refractivity contribution >= 4 is 34.8 Å². The van der Waals surface area contributed by atoms with Crippen LogP contribution in [0.15, 0.2) is 53.4 Å². The molecule has 6 heteroatoms. The maximum atomic E-state index is 13.3. The van der Waals surface area contributed by atoms with Crippen LogP contribution >= 0.6 is 11.8 Å². The van der Waals surface area contributed by atoms with Crippen LogP contribution < -0.4 is 14.4 Å². The van der Waals surface area contributed by atoms with Gasteiger partial charge in [-0.15, -0.1) is 11.8 Å². The van der Waals surface area contributed by atoms with Gasteiger partial charge in [0.2, 0.25) is 0 Å². The monoisotopic (exact) mass is 397 g/mol. The summed E-state index contributed by atoms with van der Waals surface area (Å²) in [6, 6.07) is 14.3. The second-order valence-corrected chi connectivity index (χ2v) is 7.72. The second-order valence-electron chi connectivity index (χ2n) is 6.44. The van der Waals surface area contributed by atoms with Gasteiger partial charge < -0.3 is 9.47 Å². The van der Waals surface area contributed by atoms with Gasteiger partial charge in [0.25, 0.3) is 11.8 Å². The highest BCUT2D eigenvalue weighted by Crippen LogP contribution is 2.41. The van der Waals surface area contributed by atoms with E-state index in [0.717, 1.165) is 0 Å². The highest BCUT2D eigenvalue weighted by molar-refractivity contribution is 8.04. The lowest BCUT2D eigenvalue weighted by Gasteiger charge is -2.17. The maximum Gasteiger partial charge on any atom is 0.272 e. The van der Waals surface area contributed by atoms with Crippen molar-refractivity contribution in [2.75, 3.05) is 17.8 Å². The molecule has 0 aliphatic carbocycles. The molecule has 2 aromatic carbocycles. The topological polar surface area (TPSA) is 55.8 Å². The summed E-state index contributed by atoms with van der Waals surface area (Å²) in [4.78, 5) is 28.1. The number of hydrogen-bond donors (Lipinski definition) is 0. The summed E-state index contributed by atoms with van der Waals surface area (Å²) in [6.07, 6.45) is 0.0484. The van der Waals surface area contributed by atoms with Crippen LogP contribution in [-0.4, -0.2) is 30.8 Å². The van der Waals surface area contributed by atoms with E-state index in [9.17, 15) is 9.59 Å². The Morgan fingerprint density at radius 1 is 1.00 bits per heavy atom. The third-order valence-corrected chi connectivity index (χ3v) is 5.13. The molecule has 0 unspecified atom stereocenters. The van der Waals surface area contributed by atoms with E-state index >= 15 is 0 Å². The fraction of sp³-hybridized carbons (Fsp3) is 0.273. The van der Waals surface area contributed by atoms with Gasteiger partial charge in [-0.25, -0.2) is 4.90 Å². The Hall–Kier alpha value is -2.73. The smallest absolute Gasteiger partial charge is 0.272 e. The number of amides is 2. The molecular formula is C22H23NO4S. The van der Waals surface area contributed by atoms with Gasteiger partial charge in [0, 0.05) is 5.56 Å². The molecule has 2 aromatic rings. The van der Waals surface area contributed by atoms with Gasteiger partial charge in [-0.3, -0.25) is 9.59 Å². The first kappa shape index (κ1) is 20.0. The molecule has 0 bridgehead atoms. The molecule has 2 amide bonds. The van der Waals surface area contributed by atoms with Gasteiger partial charge in [0.05, 0.1) is 29.4 Å². The molecule has 1 heterocycles. The Balaban J connectivity index is 2.02. The van der Waals surface area contributed by atoms with E-state index in [1.54, 1.807) is 43.5 Å². The van der Waals surface area contributed by atoms with Crippen molar-refractivity contribution in [3.63, 3.8) is 0 Å². The lowest BCUT2D eigenvalue weighted by Crippen LogP contribution is -2.31. The lowest BCUT2D eigenvalue weighted by atomic mass is 10.0. The van der Waals surface area contributed by atoms with Crippen LogP contribution in [0, 0.1) is 0 Å². The van der Waals surface area contributed by atoms with Gasteiger partial charge in [0.1, 0.15) is 11.5 Å². The normalized spacial score (nSPS) is 14.2. The molecule has 0 N–H and O–H groups in total. The van der Waals surface area contributed by atoms with Crippen molar-refractivity contribution in [1.82, 2.24) is 0 Å². The van der Waals surface area contributed by atoms with Crippen molar-refractivity contribution in [1.29, 1.82) is 0 Å². The number of anilines is 1. The first-order valence-corrected chi connectivity index (χ1v) is 10.1. The minimum absolute atomic E-state index is 0.0484. The van der Waals surface area contributed by atoms with Crippen LogP contribution in [0.25, 0.3) is 5.57 Å². The Bertz CT molecular complexity index is 918. The number of nitrogens with zero attached hydrogens (tertiary/aromatic N) is 1. The summed E-state index contributed by atoms with van der Waals surface area (Å²) < 4.78 is 11.1. The average Bonchev–Trinajstić information content (AvgIpc) is 2.92. The Morgan fingerprint density at radius 3 is 2.29 bits per heavy atom. The maximum absolute atomic E-state index is 13.3. The molecule has 1 aliphatic heterocycles. The molecule has 0 saturated carbocycles. The third-order valence-electron chi connectivity index (χ3n) is 4.17. The van der Waals surface area contributed by atoms with E-state index in [0.29, 0.717) is 39.0 Å². The number of carbonyl (C=O) groups excluding carboxylic acids is 2. The predicted molar refractivity (Wildman–Crippen MR) is 113 cm³/mol. The molecule has 0 aromatic heterocycles. The van der Waals surface area contributed by atoms with Crippen LogP contribution in [0.4, 0.5) is 5.69 Å². The minimum atomic E-state index is -0.344. The van der Waals surface area contributed by atoms with E-state index < -0.39 is 0 Å². The standard InChI is InChI=1S/C22H23NO4S/c1-5-28-20-19(17-8-6-7-9-18(17)26-4)21(24)23(22(20)25)15-10-12-16(13-11-15)27-14(2)3/h6-14H,5H2,1-4H3. The van der Waals surface area contributed by atoms with E-state index in [-0.39, 0.29) is 17.9 Å². The van der Waals surface area contributed by atoms with Crippen LogP contribution in [0.3, 0.4) is 0 Å². The quantitative estimate of drug-likeness (QED) is 0.643. The molecule has 0 fully saturated rings. The number of methoxy groups -OCH3 is 1. The zero-order valence-corrected chi connectivity index (χ0v) is 17.2. The lowest BCUT2D eigenvalue weighted by molar-refractivity contribution is -0.119. The number of para-hydroxylation sites is 1. The fourth-order valence-electron chi connectivity index (χ4n) is 3.06. The number of imide groups is 1. The van der Waals surface area contributed by atoms with E-state index in [4.69, 9.17) is 9.47 Å². The molecule has 3 rings (SSSR count). The zero-order valence-electron chi connectivity index (χ0n) is 16.4. The molecule has 0 saturated heterocycles. The fourth-order valence-corrected chi connectivity index (χ4v) is 3.90. The van der Waals surface area contributed by atoms with E-state index in [2.05, 4.69) is 0 Å². The van der Waals surface area contributed by atoms with Gasteiger partial charge in [0.15, 0.2) is 0 Å². The van der Waals surface area contributed by atoms with Crippen molar-refractivity contribution in [3.8, 4) is 11.5 Å². The summed E-state index contributed by atoms with van der Waals surface area (Å²) in [6.45, 7) is 5.84. The number of rotatable bonds is 7. The molecule has 146 valence electrons. The number of ether oxygens (including phenoxy) is 2. The van der Waals surface area contributed by atoms with Gasteiger partial charge in [-0.1, -0.05) is 25.1 Å². The third kappa shape index (κ3) is 3.78. The van der Waals surface area contributed by atoms with Crippen LogP contribution in [-0.2, 0) is 9.59 Å². The largest absolute Gasteiger partial charge is 0.496 e. The Morgan fingerprint density at radius 2 is 1.68 bits per heavy atom. The average molecular weight is 397 g/mol. The first-order valence-electron chi connectivity index (χ1n) is 9.13. The summed E-state index contributed by atoms with van der Waals surface area (Å²) in [5.74, 6) is 1.29. The highest BCUT2D eigenvalue weighted by atomic mass is 32.2. The molecule has 28 heavy (non-hydrogen) atoms. The van der Waals surface area contributed by atoms with Gasteiger partial charge in [-0.2, -0.15) is 0 Å². The number of hydrogen-bond acceptors (Lipinski definition) is 5. The minimum Gasteiger partial charge on any atom is -0.496 e. The number of benzene rings is 2. The van der Waals surface area contributed by atoms with Crippen LogP contribution in [0.2, 0.25) is 0 Å². The molecule has 5 nitrogen and oxygen atoms in total. The Labute approximate surface area is 169 Å². The molecular weight excluding hydrogens is 374 g/mol. The molecule has 1 aliphatic rings. The van der Waals surface area contributed by atoms with Gasteiger partial charge >= 0.3 is 0 Å². The first-order chi connectivity index (χ1) is 13.5. The summed E-state index contributed by atoms with van der Waals surface area (Å²) in [5, 5.41) is 0. The van der Waals surface area contributed by atoms with Crippen molar-refractivity contribution < 1.29 is 19.1 Å². The van der Waals surface area contributed by atoms with Crippen molar-refractivity contribution in [2.24, 2.45) is 0 Å². The van der Waals surface area contributed by atoms with Crippen molar-refractivity contribution in [3.05, 3.63) is 59.0 Å². The molecule has 0 spiro atoms. The Kier molecular flexibility index (Phi) is 6.09. The van der Waals surface area contributed by atoms with Crippen molar-refractivity contribution in [2.45, 2.75) is 26.9 Å². The summed E-state index contributed by atoms with van der Waals surface area (Å²) in [5.41, 5.74) is 1.53. The van der Waals surface area contributed by atoms with E-state index in [1.807, 2.05) is 32.9 Å². The van der Waals surface area contributed by atoms with E-state index in [1.165, 1.54) is 16.7 Å². The highest BCUT2D eigenvalue weighted by Gasteiger charge is 2.40. The predicted octanol–water partition coefficient (Wildman–Crippen LogP) is 4.52. The summed E-state index contributed by atoms with van der Waals surface area (Å²) in [7, 11) is 1.55. The van der Waals surface area contributed by atoms with Crippen LogP contribution in [0.1, 0.15) is 26.3 Å². The summed E-state index contributed by atoms with van der Waals surface area (Å²) >= 11 is 1.37. The molecule has 0 radical (unpaired) electrons. The number of thioether (sulfide) groups is 1. The zero-order chi connectivity index (χ0) is 20.3. The van der Waals surface area contributed by atoms with Crippen LogP contribution in [0.5, 0.6) is 11.5 Å². The van der Waals surface area contributed by atoms with Gasteiger partial charge in [-0.05, 0) is 49.9 Å². The number of carbonyl (C=O) groups is 2.